The molecule has 3 nitrogen and oxygen atoms in total. The molecule has 0 bridgehead atoms. The van der Waals surface area contributed by atoms with Gasteiger partial charge in [-0.05, 0) is 71.1 Å². The van der Waals surface area contributed by atoms with E-state index in [4.69, 9.17) is 0 Å². The summed E-state index contributed by atoms with van der Waals surface area (Å²) in [5, 5.41) is 4.02. The molecule has 1 saturated heterocycles. The maximum atomic E-state index is 4.02. The maximum absolute atomic E-state index is 4.02. The molecule has 150 valence electrons. The van der Waals surface area contributed by atoms with Crippen molar-refractivity contribution in [3.63, 3.8) is 0 Å². The SMILES string of the molecule is CC(CCC(C)N1CC=C(C(C)C)CC1)NC1CN(C(C)C)CC12CC2. The number of rotatable bonds is 8. The van der Waals surface area contributed by atoms with Crippen LogP contribution in [0.5, 0.6) is 0 Å². The number of likely N-dealkylation sites (tertiary alicyclic amines) is 1. The molecule has 0 radical (unpaired) electrons. The smallest absolute Gasteiger partial charge is 0.0266 e. The lowest BCUT2D eigenvalue weighted by molar-refractivity contribution is 0.202. The average molecular weight is 362 g/mol. The highest BCUT2D eigenvalue weighted by Crippen LogP contribution is 2.53. The van der Waals surface area contributed by atoms with Crippen molar-refractivity contribution >= 4 is 0 Å². The third-order valence-electron chi connectivity index (χ3n) is 7.44. The van der Waals surface area contributed by atoms with Crippen molar-refractivity contribution in [1.29, 1.82) is 0 Å². The van der Waals surface area contributed by atoms with E-state index in [1.807, 2.05) is 0 Å². The Bertz CT molecular complexity index is 492. The molecule has 3 unspecified atom stereocenters. The molecule has 1 spiro atoms. The van der Waals surface area contributed by atoms with E-state index < -0.39 is 0 Å². The summed E-state index contributed by atoms with van der Waals surface area (Å²) in [5.41, 5.74) is 2.28. The van der Waals surface area contributed by atoms with Crippen LogP contribution in [0.1, 0.15) is 73.6 Å². The highest BCUT2D eigenvalue weighted by atomic mass is 15.2. The predicted molar refractivity (Wildman–Crippen MR) is 113 cm³/mol. The van der Waals surface area contributed by atoms with Crippen molar-refractivity contribution in [3.05, 3.63) is 11.6 Å². The lowest BCUT2D eigenvalue weighted by Gasteiger charge is -2.33. The van der Waals surface area contributed by atoms with Gasteiger partial charge < -0.3 is 5.32 Å². The Morgan fingerprint density at radius 3 is 2.35 bits per heavy atom. The van der Waals surface area contributed by atoms with E-state index in [0.29, 0.717) is 23.5 Å². The molecule has 1 N–H and O–H groups in total. The van der Waals surface area contributed by atoms with Crippen LogP contribution in [-0.4, -0.2) is 60.1 Å². The van der Waals surface area contributed by atoms with Gasteiger partial charge >= 0.3 is 0 Å². The van der Waals surface area contributed by atoms with Crippen LogP contribution >= 0.6 is 0 Å². The minimum atomic E-state index is 0.620. The van der Waals surface area contributed by atoms with Crippen molar-refractivity contribution < 1.29 is 0 Å². The van der Waals surface area contributed by atoms with E-state index in [2.05, 4.69) is 62.7 Å². The molecule has 3 aliphatic rings. The van der Waals surface area contributed by atoms with Gasteiger partial charge in [0.25, 0.3) is 0 Å². The molecular weight excluding hydrogens is 318 g/mol. The first-order chi connectivity index (χ1) is 12.3. The average Bonchev–Trinajstić information content (AvgIpc) is 3.29. The predicted octanol–water partition coefficient (Wildman–Crippen LogP) is 4.29. The summed E-state index contributed by atoms with van der Waals surface area (Å²) < 4.78 is 0. The van der Waals surface area contributed by atoms with Crippen LogP contribution in [0.25, 0.3) is 0 Å². The van der Waals surface area contributed by atoms with Gasteiger partial charge in [-0.3, -0.25) is 9.80 Å². The quantitative estimate of drug-likeness (QED) is 0.651. The van der Waals surface area contributed by atoms with E-state index in [0.717, 1.165) is 18.5 Å². The lowest BCUT2D eigenvalue weighted by atomic mass is 9.95. The van der Waals surface area contributed by atoms with Gasteiger partial charge in [0.05, 0.1) is 0 Å². The Morgan fingerprint density at radius 1 is 1.08 bits per heavy atom. The first-order valence-electron chi connectivity index (χ1n) is 11.2. The molecule has 3 rings (SSSR count). The largest absolute Gasteiger partial charge is 0.310 e. The van der Waals surface area contributed by atoms with Crippen LogP contribution < -0.4 is 5.32 Å². The van der Waals surface area contributed by atoms with E-state index in [1.54, 1.807) is 5.57 Å². The van der Waals surface area contributed by atoms with E-state index in [1.165, 1.54) is 51.7 Å². The zero-order valence-corrected chi connectivity index (χ0v) is 18.2. The van der Waals surface area contributed by atoms with Gasteiger partial charge in [-0.2, -0.15) is 0 Å². The topological polar surface area (TPSA) is 18.5 Å². The Kier molecular flexibility index (Phi) is 6.52. The van der Waals surface area contributed by atoms with E-state index >= 15 is 0 Å². The van der Waals surface area contributed by atoms with E-state index in [9.17, 15) is 0 Å². The van der Waals surface area contributed by atoms with Gasteiger partial charge in [0.1, 0.15) is 0 Å². The van der Waals surface area contributed by atoms with Crippen LogP contribution in [0.15, 0.2) is 11.6 Å². The van der Waals surface area contributed by atoms with Crippen molar-refractivity contribution in [2.45, 2.75) is 97.8 Å². The molecule has 0 aromatic rings. The van der Waals surface area contributed by atoms with Gasteiger partial charge in [-0.15, -0.1) is 0 Å². The number of nitrogens with one attached hydrogen (secondary N) is 1. The number of nitrogens with zero attached hydrogens (tertiary/aromatic N) is 2. The second-order valence-electron chi connectivity index (χ2n) is 10.1. The lowest BCUT2D eigenvalue weighted by Crippen LogP contribution is -2.44. The molecule has 2 heterocycles. The van der Waals surface area contributed by atoms with Gasteiger partial charge in [0, 0.05) is 50.3 Å². The van der Waals surface area contributed by atoms with Crippen LogP contribution in [0.4, 0.5) is 0 Å². The zero-order valence-electron chi connectivity index (χ0n) is 18.2. The fourth-order valence-corrected chi connectivity index (χ4v) is 5.02. The van der Waals surface area contributed by atoms with Crippen LogP contribution in [0.3, 0.4) is 0 Å². The molecule has 1 aliphatic carbocycles. The van der Waals surface area contributed by atoms with Gasteiger partial charge in [0.15, 0.2) is 0 Å². The molecule has 2 fully saturated rings. The van der Waals surface area contributed by atoms with Crippen molar-refractivity contribution in [2.24, 2.45) is 11.3 Å². The second-order valence-corrected chi connectivity index (χ2v) is 10.1. The number of hydrogen-bond acceptors (Lipinski definition) is 3. The highest BCUT2D eigenvalue weighted by molar-refractivity contribution is 5.11. The number of hydrogen-bond donors (Lipinski definition) is 1. The van der Waals surface area contributed by atoms with Crippen molar-refractivity contribution in [2.75, 3.05) is 26.2 Å². The molecule has 3 heteroatoms. The molecule has 3 atom stereocenters. The van der Waals surface area contributed by atoms with Gasteiger partial charge in [0.2, 0.25) is 0 Å². The van der Waals surface area contributed by atoms with Gasteiger partial charge in [-0.1, -0.05) is 25.5 Å². The Labute approximate surface area is 162 Å². The molecular formula is C23H43N3. The summed E-state index contributed by atoms with van der Waals surface area (Å²) in [4.78, 5) is 5.36. The molecule has 1 saturated carbocycles. The summed E-state index contributed by atoms with van der Waals surface area (Å²) in [6, 6.07) is 2.76. The van der Waals surface area contributed by atoms with Crippen molar-refractivity contribution in [3.8, 4) is 0 Å². The molecule has 0 amide bonds. The molecule has 0 aromatic carbocycles. The fourth-order valence-electron chi connectivity index (χ4n) is 5.02. The van der Waals surface area contributed by atoms with Crippen molar-refractivity contribution in [1.82, 2.24) is 15.1 Å². The minimum Gasteiger partial charge on any atom is -0.310 e. The Morgan fingerprint density at radius 2 is 1.81 bits per heavy atom. The minimum absolute atomic E-state index is 0.620. The first kappa shape index (κ1) is 20.4. The molecule has 2 aliphatic heterocycles. The zero-order chi connectivity index (χ0) is 18.9. The van der Waals surface area contributed by atoms with Gasteiger partial charge in [-0.25, -0.2) is 0 Å². The first-order valence-corrected chi connectivity index (χ1v) is 11.2. The standard InChI is InChI=1S/C23H43N3/c1-17(2)21-9-13-25(14-10-21)20(6)8-7-19(5)24-22-15-26(18(3)4)16-23(22)11-12-23/h9,17-20,22,24H,7-8,10-16H2,1-6H3. The van der Waals surface area contributed by atoms with Crippen LogP contribution in [0.2, 0.25) is 0 Å². The third kappa shape index (κ3) is 4.72. The monoisotopic (exact) mass is 361 g/mol. The van der Waals surface area contributed by atoms with Crippen LogP contribution in [-0.2, 0) is 0 Å². The molecule has 26 heavy (non-hydrogen) atoms. The summed E-state index contributed by atoms with van der Waals surface area (Å²) in [5.74, 6) is 0.725. The maximum Gasteiger partial charge on any atom is 0.0266 e. The highest BCUT2D eigenvalue weighted by Gasteiger charge is 2.55. The van der Waals surface area contributed by atoms with Crippen LogP contribution in [0, 0.1) is 11.3 Å². The Balaban J connectivity index is 1.41. The summed E-state index contributed by atoms with van der Waals surface area (Å²) in [6.07, 6.45) is 9.25. The summed E-state index contributed by atoms with van der Waals surface area (Å²) in [7, 11) is 0. The third-order valence-corrected chi connectivity index (χ3v) is 7.44. The molecule has 0 aromatic heterocycles. The summed E-state index contributed by atoms with van der Waals surface area (Å²) >= 11 is 0. The normalized spacial score (nSPS) is 28.8. The fraction of sp³-hybridized carbons (Fsp3) is 0.913. The van der Waals surface area contributed by atoms with E-state index in [-0.39, 0.29) is 0 Å². The Hall–Kier alpha value is -0.380. The summed E-state index contributed by atoms with van der Waals surface area (Å²) in [6.45, 7) is 19.2. The second kappa shape index (κ2) is 8.32.